The molecule has 34 heavy (non-hydrogen) atoms. The number of nitrogens with zero attached hydrogens (tertiary/aromatic N) is 3. The summed E-state index contributed by atoms with van der Waals surface area (Å²) in [6.45, 7) is 6.38. The van der Waals surface area contributed by atoms with Crippen LogP contribution < -0.4 is 14.2 Å². The van der Waals surface area contributed by atoms with Crippen molar-refractivity contribution in [2.75, 3.05) is 60.6 Å². The molecule has 7 nitrogen and oxygen atoms in total. The first kappa shape index (κ1) is 28.1. The van der Waals surface area contributed by atoms with Gasteiger partial charge in [-0.3, -0.25) is 14.6 Å². The lowest BCUT2D eigenvalue weighted by Gasteiger charge is -2.36. The minimum Gasteiger partial charge on any atom is -0.497 e. The van der Waals surface area contributed by atoms with Gasteiger partial charge in [-0.05, 0) is 47.4 Å². The summed E-state index contributed by atoms with van der Waals surface area (Å²) in [4.78, 5) is 19.6. The number of carbonyl (C=O) groups is 1. The minimum absolute atomic E-state index is 0. The summed E-state index contributed by atoms with van der Waals surface area (Å²) in [6.07, 6.45) is 0.915. The average molecular weight is 512 g/mol. The van der Waals surface area contributed by atoms with E-state index < -0.39 is 0 Å². The molecule has 0 saturated carbocycles. The second-order valence-electron chi connectivity index (χ2n) is 8.44. The summed E-state index contributed by atoms with van der Waals surface area (Å²) in [7, 11) is 5.00. The number of hydrogen-bond donors (Lipinski definition) is 0. The normalized spacial score (nSPS) is 16.0. The second kappa shape index (κ2) is 13.0. The molecule has 2 heterocycles. The minimum atomic E-state index is 0. The van der Waals surface area contributed by atoms with E-state index >= 15 is 0 Å². The van der Waals surface area contributed by atoms with Gasteiger partial charge in [-0.1, -0.05) is 12.1 Å². The predicted octanol–water partition coefficient (Wildman–Crippen LogP) is 3.26. The highest BCUT2D eigenvalue weighted by atomic mass is 35.5. The lowest BCUT2D eigenvalue weighted by molar-refractivity contribution is -0.134. The quantitative estimate of drug-likeness (QED) is 0.568. The van der Waals surface area contributed by atoms with Gasteiger partial charge < -0.3 is 19.1 Å². The van der Waals surface area contributed by atoms with Gasteiger partial charge in [-0.15, -0.1) is 24.8 Å². The fraction of sp³-hybridized carbons (Fsp3) is 0.480. The van der Waals surface area contributed by atoms with Crippen LogP contribution in [0.2, 0.25) is 0 Å². The highest BCUT2D eigenvalue weighted by Crippen LogP contribution is 2.33. The van der Waals surface area contributed by atoms with Crippen LogP contribution in [0.3, 0.4) is 0 Å². The third kappa shape index (κ3) is 6.69. The summed E-state index contributed by atoms with van der Waals surface area (Å²) in [5, 5.41) is 0. The van der Waals surface area contributed by atoms with Gasteiger partial charge in [0, 0.05) is 45.8 Å². The molecule has 0 aromatic heterocycles. The largest absolute Gasteiger partial charge is 0.497 e. The Balaban J connectivity index is 0.00000204. The van der Waals surface area contributed by atoms with E-state index in [1.54, 1.807) is 21.3 Å². The molecule has 1 saturated heterocycles. The van der Waals surface area contributed by atoms with E-state index in [1.807, 2.05) is 23.1 Å². The predicted molar refractivity (Wildman–Crippen MR) is 138 cm³/mol. The molecular weight excluding hydrogens is 477 g/mol. The molecule has 0 aliphatic carbocycles. The third-order valence-electron chi connectivity index (χ3n) is 6.45. The lowest BCUT2D eigenvalue weighted by Crippen LogP contribution is -2.51. The summed E-state index contributed by atoms with van der Waals surface area (Å²) in [6, 6.07) is 12.3. The standard InChI is InChI=1S/C25H33N3O4.2ClH/c1-30-22-6-4-19(5-7-22)16-26-10-12-28(13-11-26)25(29)18-27-9-8-20-14-23(31-2)24(32-3)15-21(20)17-27;;/h4-7,14-15H,8-13,16-18H2,1-3H3;2*1H. The van der Waals surface area contributed by atoms with Crippen molar-refractivity contribution in [3.05, 3.63) is 53.1 Å². The van der Waals surface area contributed by atoms with Gasteiger partial charge in [-0.2, -0.15) is 0 Å². The van der Waals surface area contributed by atoms with E-state index in [1.165, 1.54) is 16.7 Å². The molecule has 0 unspecified atom stereocenters. The summed E-state index contributed by atoms with van der Waals surface area (Å²) in [5.74, 6) is 2.61. The van der Waals surface area contributed by atoms with Crippen LogP contribution in [-0.4, -0.2) is 81.2 Å². The van der Waals surface area contributed by atoms with Gasteiger partial charge in [0.2, 0.25) is 5.91 Å². The molecule has 188 valence electrons. The van der Waals surface area contributed by atoms with Crippen molar-refractivity contribution in [2.45, 2.75) is 19.5 Å². The first-order chi connectivity index (χ1) is 15.6. The number of carbonyl (C=O) groups excluding carboxylic acids is 1. The summed E-state index contributed by atoms with van der Waals surface area (Å²) >= 11 is 0. The van der Waals surface area contributed by atoms with Crippen molar-refractivity contribution in [3.63, 3.8) is 0 Å². The van der Waals surface area contributed by atoms with E-state index in [0.29, 0.717) is 6.54 Å². The number of halogens is 2. The first-order valence-corrected chi connectivity index (χ1v) is 11.2. The topological polar surface area (TPSA) is 54.5 Å². The zero-order chi connectivity index (χ0) is 22.5. The number of amides is 1. The third-order valence-corrected chi connectivity index (χ3v) is 6.45. The van der Waals surface area contributed by atoms with Crippen LogP contribution >= 0.6 is 24.8 Å². The lowest BCUT2D eigenvalue weighted by atomic mass is 9.98. The van der Waals surface area contributed by atoms with E-state index in [4.69, 9.17) is 14.2 Å². The van der Waals surface area contributed by atoms with Crippen molar-refractivity contribution < 1.29 is 19.0 Å². The molecule has 1 fully saturated rings. The number of methoxy groups -OCH3 is 3. The van der Waals surface area contributed by atoms with Crippen LogP contribution in [0.4, 0.5) is 0 Å². The van der Waals surface area contributed by atoms with Gasteiger partial charge in [-0.25, -0.2) is 0 Å². The van der Waals surface area contributed by atoms with Gasteiger partial charge in [0.25, 0.3) is 0 Å². The van der Waals surface area contributed by atoms with Gasteiger partial charge >= 0.3 is 0 Å². The highest BCUT2D eigenvalue weighted by Gasteiger charge is 2.25. The number of hydrogen-bond acceptors (Lipinski definition) is 6. The molecule has 2 aromatic rings. The Hall–Kier alpha value is -2.19. The zero-order valence-corrected chi connectivity index (χ0v) is 21.8. The van der Waals surface area contributed by atoms with Crippen molar-refractivity contribution in [3.8, 4) is 17.2 Å². The average Bonchev–Trinajstić information content (AvgIpc) is 2.84. The Bertz CT molecular complexity index is 935. The maximum atomic E-state index is 12.9. The van der Waals surface area contributed by atoms with Crippen LogP contribution in [0.25, 0.3) is 0 Å². The maximum absolute atomic E-state index is 12.9. The molecule has 2 aliphatic rings. The van der Waals surface area contributed by atoms with Gasteiger partial charge in [0.15, 0.2) is 11.5 Å². The van der Waals surface area contributed by atoms with Crippen LogP contribution in [-0.2, 0) is 24.3 Å². The Morgan fingerprint density at radius 2 is 1.41 bits per heavy atom. The monoisotopic (exact) mass is 511 g/mol. The molecule has 0 radical (unpaired) electrons. The number of piperazine rings is 1. The Labute approximate surface area is 214 Å². The Morgan fingerprint density at radius 3 is 2.00 bits per heavy atom. The highest BCUT2D eigenvalue weighted by molar-refractivity contribution is 5.85. The maximum Gasteiger partial charge on any atom is 0.236 e. The summed E-state index contributed by atoms with van der Waals surface area (Å²) in [5.41, 5.74) is 3.76. The number of rotatable bonds is 7. The van der Waals surface area contributed by atoms with Crippen molar-refractivity contribution in [1.82, 2.24) is 14.7 Å². The molecule has 4 rings (SSSR count). The van der Waals surface area contributed by atoms with E-state index in [9.17, 15) is 4.79 Å². The van der Waals surface area contributed by atoms with E-state index in [-0.39, 0.29) is 30.7 Å². The fourth-order valence-electron chi connectivity index (χ4n) is 4.51. The SMILES string of the molecule is COc1ccc(CN2CCN(C(=O)CN3CCc4cc(OC)c(OC)cc4C3)CC2)cc1.Cl.Cl. The summed E-state index contributed by atoms with van der Waals surface area (Å²) < 4.78 is 16.1. The van der Waals surface area contributed by atoms with Gasteiger partial charge in [0.1, 0.15) is 5.75 Å². The molecule has 2 aromatic carbocycles. The van der Waals surface area contributed by atoms with Gasteiger partial charge in [0.05, 0.1) is 27.9 Å². The van der Waals surface area contributed by atoms with E-state index in [2.05, 4.69) is 28.0 Å². The number of benzene rings is 2. The van der Waals surface area contributed by atoms with Crippen LogP contribution in [0.5, 0.6) is 17.2 Å². The van der Waals surface area contributed by atoms with Crippen LogP contribution in [0.1, 0.15) is 16.7 Å². The molecule has 9 heteroatoms. The molecule has 0 atom stereocenters. The molecule has 2 aliphatic heterocycles. The number of ether oxygens (including phenoxy) is 3. The zero-order valence-electron chi connectivity index (χ0n) is 20.1. The van der Waals surface area contributed by atoms with Crippen molar-refractivity contribution >= 4 is 30.7 Å². The van der Waals surface area contributed by atoms with Crippen LogP contribution in [0.15, 0.2) is 36.4 Å². The van der Waals surface area contributed by atoms with Crippen LogP contribution in [0, 0.1) is 0 Å². The Kier molecular flexibility index (Phi) is 10.8. The molecular formula is C25H35Cl2N3O4. The number of fused-ring (bicyclic) bond motifs is 1. The molecule has 0 bridgehead atoms. The Morgan fingerprint density at radius 1 is 0.794 bits per heavy atom. The molecule has 1 amide bonds. The van der Waals surface area contributed by atoms with Crippen molar-refractivity contribution in [2.24, 2.45) is 0 Å². The van der Waals surface area contributed by atoms with E-state index in [0.717, 1.165) is 69.5 Å². The second-order valence-corrected chi connectivity index (χ2v) is 8.44. The molecule has 0 N–H and O–H groups in total. The fourth-order valence-corrected chi connectivity index (χ4v) is 4.51. The smallest absolute Gasteiger partial charge is 0.236 e. The van der Waals surface area contributed by atoms with Crippen molar-refractivity contribution in [1.29, 1.82) is 0 Å². The first-order valence-electron chi connectivity index (χ1n) is 11.2. The molecule has 0 spiro atoms.